The highest BCUT2D eigenvalue weighted by Crippen LogP contribution is 2.26. The fraction of sp³-hybridized carbons (Fsp3) is 0.500. The Morgan fingerprint density at radius 1 is 1.24 bits per heavy atom. The van der Waals surface area contributed by atoms with Gasteiger partial charge in [-0.3, -0.25) is 0 Å². The topological polar surface area (TPSA) is 15.8 Å². The quantitative estimate of drug-likeness (QED) is 0.777. The number of hydrogen-bond donors (Lipinski definition) is 1. The molecule has 1 unspecified atom stereocenters. The molecule has 0 aliphatic rings. The van der Waals surface area contributed by atoms with Crippen LogP contribution in [0.3, 0.4) is 0 Å². The van der Waals surface area contributed by atoms with Crippen LogP contribution in [0.25, 0.3) is 10.9 Å². The van der Waals surface area contributed by atoms with E-state index in [-0.39, 0.29) is 0 Å². The van der Waals surface area contributed by atoms with Crippen LogP contribution >= 0.6 is 0 Å². The van der Waals surface area contributed by atoms with Gasteiger partial charge in [-0.25, -0.2) is 0 Å². The van der Waals surface area contributed by atoms with Crippen molar-refractivity contribution in [2.45, 2.75) is 47.0 Å². The van der Waals surface area contributed by atoms with Gasteiger partial charge < -0.3 is 4.98 Å². The predicted molar refractivity (Wildman–Crippen MR) is 75.5 cm³/mol. The summed E-state index contributed by atoms with van der Waals surface area (Å²) >= 11 is 0. The lowest BCUT2D eigenvalue weighted by atomic mass is 9.95. The number of nitrogens with one attached hydrogen (secondary N) is 1. The van der Waals surface area contributed by atoms with E-state index < -0.39 is 0 Å². The molecule has 0 aliphatic heterocycles. The van der Waals surface area contributed by atoms with E-state index in [9.17, 15) is 0 Å². The largest absolute Gasteiger partial charge is 0.361 e. The first-order valence-corrected chi connectivity index (χ1v) is 6.69. The summed E-state index contributed by atoms with van der Waals surface area (Å²) in [5.41, 5.74) is 5.51. The van der Waals surface area contributed by atoms with Crippen LogP contribution < -0.4 is 0 Å². The summed E-state index contributed by atoms with van der Waals surface area (Å²) in [5, 5.41) is 1.42. The molecule has 0 amide bonds. The van der Waals surface area contributed by atoms with Crippen LogP contribution in [-0.4, -0.2) is 4.98 Å². The average molecular weight is 229 g/mol. The maximum atomic E-state index is 3.43. The summed E-state index contributed by atoms with van der Waals surface area (Å²) in [6.45, 7) is 8.98. The van der Waals surface area contributed by atoms with Crippen molar-refractivity contribution < 1.29 is 0 Å². The summed E-state index contributed by atoms with van der Waals surface area (Å²) in [4.78, 5) is 3.43. The summed E-state index contributed by atoms with van der Waals surface area (Å²) in [7, 11) is 0. The van der Waals surface area contributed by atoms with Crippen molar-refractivity contribution >= 4 is 10.9 Å². The Hall–Kier alpha value is -1.24. The molecule has 2 rings (SSSR count). The van der Waals surface area contributed by atoms with Gasteiger partial charge in [0.25, 0.3) is 0 Å². The molecular weight excluding hydrogens is 206 g/mol. The maximum absolute atomic E-state index is 3.43. The zero-order valence-electron chi connectivity index (χ0n) is 11.4. The number of aromatic nitrogens is 1. The lowest BCUT2D eigenvalue weighted by Gasteiger charge is -2.09. The molecule has 17 heavy (non-hydrogen) atoms. The standard InChI is InChI=1S/C16H23N/c1-5-6-11(2)8-14-10-17-16-13(4)7-12(3)9-15(14)16/h7,9-11,17H,5-6,8H2,1-4H3. The van der Waals surface area contributed by atoms with Crippen LogP contribution in [0.15, 0.2) is 18.3 Å². The monoisotopic (exact) mass is 229 g/mol. The van der Waals surface area contributed by atoms with E-state index in [1.807, 2.05) is 0 Å². The smallest absolute Gasteiger partial charge is 0.0486 e. The van der Waals surface area contributed by atoms with E-state index in [1.165, 1.54) is 46.9 Å². The minimum Gasteiger partial charge on any atom is -0.361 e. The molecule has 0 saturated carbocycles. The van der Waals surface area contributed by atoms with Crippen LogP contribution in [0, 0.1) is 19.8 Å². The molecule has 1 nitrogen and oxygen atoms in total. The zero-order valence-corrected chi connectivity index (χ0v) is 11.4. The van der Waals surface area contributed by atoms with Gasteiger partial charge in [-0.1, -0.05) is 38.3 Å². The molecule has 0 aliphatic carbocycles. The molecule has 1 atom stereocenters. The summed E-state index contributed by atoms with van der Waals surface area (Å²) in [6.07, 6.45) is 5.99. The van der Waals surface area contributed by atoms with Gasteiger partial charge in [-0.2, -0.15) is 0 Å². The van der Waals surface area contributed by atoms with Crippen molar-refractivity contribution in [1.29, 1.82) is 0 Å². The number of fused-ring (bicyclic) bond motifs is 1. The lowest BCUT2D eigenvalue weighted by molar-refractivity contribution is 0.524. The molecule has 1 aromatic heterocycles. The predicted octanol–water partition coefficient (Wildman–Crippen LogP) is 4.76. The van der Waals surface area contributed by atoms with Crippen LogP contribution in [0.1, 0.15) is 43.4 Å². The number of hydrogen-bond acceptors (Lipinski definition) is 0. The van der Waals surface area contributed by atoms with Crippen molar-refractivity contribution in [2.75, 3.05) is 0 Å². The van der Waals surface area contributed by atoms with E-state index >= 15 is 0 Å². The van der Waals surface area contributed by atoms with Gasteiger partial charge in [0.05, 0.1) is 0 Å². The Morgan fingerprint density at radius 2 is 2.00 bits per heavy atom. The Morgan fingerprint density at radius 3 is 2.71 bits per heavy atom. The number of benzene rings is 1. The second-order valence-electron chi connectivity index (χ2n) is 5.42. The average Bonchev–Trinajstić information content (AvgIpc) is 2.62. The van der Waals surface area contributed by atoms with Gasteiger partial charge in [-0.15, -0.1) is 0 Å². The maximum Gasteiger partial charge on any atom is 0.0486 e. The molecule has 0 fully saturated rings. The van der Waals surface area contributed by atoms with Gasteiger partial charge in [0.1, 0.15) is 0 Å². The molecule has 2 aromatic rings. The normalized spacial score (nSPS) is 13.2. The van der Waals surface area contributed by atoms with Crippen molar-refractivity contribution in [3.63, 3.8) is 0 Å². The minimum atomic E-state index is 0.778. The second-order valence-corrected chi connectivity index (χ2v) is 5.42. The second kappa shape index (κ2) is 4.95. The minimum absolute atomic E-state index is 0.778. The Balaban J connectivity index is 2.35. The number of aryl methyl sites for hydroxylation is 2. The first kappa shape index (κ1) is 12.2. The first-order valence-electron chi connectivity index (χ1n) is 6.69. The zero-order chi connectivity index (χ0) is 12.4. The fourth-order valence-corrected chi connectivity index (χ4v) is 2.79. The molecule has 1 heterocycles. The lowest BCUT2D eigenvalue weighted by Crippen LogP contribution is -1.98. The third-order valence-corrected chi connectivity index (χ3v) is 3.57. The van der Waals surface area contributed by atoms with Crippen molar-refractivity contribution in [3.8, 4) is 0 Å². The molecule has 0 radical (unpaired) electrons. The Labute approximate surface area is 104 Å². The molecular formula is C16H23N. The van der Waals surface area contributed by atoms with Crippen molar-refractivity contribution in [2.24, 2.45) is 5.92 Å². The number of rotatable bonds is 4. The van der Waals surface area contributed by atoms with Crippen LogP contribution in [-0.2, 0) is 6.42 Å². The van der Waals surface area contributed by atoms with E-state index in [4.69, 9.17) is 0 Å². The van der Waals surface area contributed by atoms with E-state index in [2.05, 4.69) is 51.0 Å². The van der Waals surface area contributed by atoms with Crippen molar-refractivity contribution in [3.05, 3.63) is 35.0 Å². The molecule has 0 bridgehead atoms. The highest BCUT2D eigenvalue weighted by molar-refractivity contribution is 5.86. The van der Waals surface area contributed by atoms with Gasteiger partial charge in [0.15, 0.2) is 0 Å². The third kappa shape index (κ3) is 2.54. The SMILES string of the molecule is CCCC(C)Cc1c[nH]c2c(C)cc(C)cc12. The van der Waals surface area contributed by atoms with Gasteiger partial charge >= 0.3 is 0 Å². The first-order chi connectivity index (χ1) is 8.11. The Kier molecular flexibility index (Phi) is 3.56. The highest BCUT2D eigenvalue weighted by Gasteiger charge is 2.09. The summed E-state index contributed by atoms with van der Waals surface area (Å²) in [6, 6.07) is 4.56. The Bertz CT molecular complexity index is 507. The van der Waals surface area contributed by atoms with Gasteiger partial charge in [-0.05, 0) is 43.4 Å². The number of aromatic amines is 1. The van der Waals surface area contributed by atoms with E-state index in [0.29, 0.717) is 0 Å². The fourth-order valence-electron chi connectivity index (χ4n) is 2.79. The van der Waals surface area contributed by atoms with E-state index in [1.54, 1.807) is 0 Å². The molecule has 0 spiro atoms. The molecule has 0 saturated heterocycles. The molecule has 1 heteroatoms. The molecule has 1 aromatic carbocycles. The summed E-state index contributed by atoms with van der Waals surface area (Å²) in [5.74, 6) is 0.778. The van der Waals surface area contributed by atoms with Crippen LogP contribution in [0.5, 0.6) is 0 Å². The van der Waals surface area contributed by atoms with Crippen LogP contribution in [0.4, 0.5) is 0 Å². The molecule has 92 valence electrons. The summed E-state index contributed by atoms with van der Waals surface area (Å²) < 4.78 is 0. The van der Waals surface area contributed by atoms with Crippen molar-refractivity contribution in [1.82, 2.24) is 4.98 Å². The number of H-pyrrole nitrogens is 1. The van der Waals surface area contributed by atoms with Crippen LogP contribution in [0.2, 0.25) is 0 Å². The highest BCUT2D eigenvalue weighted by atomic mass is 14.7. The molecule has 1 N–H and O–H groups in total. The van der Waals surface area contributed by atoms with Gasteiger partial charge in [0.2, 0.25) is 0 Å². The van der Waals surface area contributed by atoms with Gasteiger partial charge in [0, 0.05) is 17.1 Å². The third-order valence-electron chi connectivity index (χ3n) is 3.57. The van der Waals surface area contributed by atoms with E-state index in [0.717, 1.165) is 5.92 Å².